The van der Waals surface area contributed by atoms with Gasteiger partial charge >= 0.3 is 0 Å². The quantitative estimate of drug-likeness (QED) is 0.766. The van der Waals surface area contributed by atoms with Crippen molar-refractivity contribution in [3.63, 3.8) is 0 Å². The van der Waals surface area contributed by atoms with E-state index >= 15 is 0 Å². The Morgan fingerprint density at radius 2 is 1.68 bits per heavy atom. The summed E-state index contributed by atoms with van der Waals surface area (Å²) in [4.78, 5) is 12.6. The van der Waals surface area contributed by atoms with Crippen molar-refractivity contribution in [3.8, 4) is 0 Å². The summed E-state index contributed by atoms with van der Waals surface area (Å²) in [6, 6.07) is 8.17. The number of carbonyl (C=O) groups is 1. The molecule has 0 fully saturated rings. The highest BCUT2D eigenvalue weighted by atomic mass is 32.2. The summed E-state index contributed by atoms with van der Waals surface area (Å²) in [5, 5.41) is 3.02. The zero-order valence-corrected chi connectivity index (χ0v) is 17.1. The van der Waals surface area contributed by atoms with Gasteiger partial charge in [-0.3, -0.25) is 4.79 Å². The third-order valence-electron chi connectivity index (χ3n) is 4.23. The molecule has 0 radical (unpaired) electrons. The van der Waals surface area contributed by atoms with Crippen molar-refractivity contribution in [3.05, 3.63) is 30.3 Å². The summed E-state index contributed by atoms with van der Waals surface area (Å²) in [7, 11) is -2.23. The molecule has 0 aliphatic heterocycles. The van der Waals surface area contributed by atoms with Crippen molar-refractivity contribution >= 4 is 15.9 Å². The molecule has 0 saturated carbocycles. The largest absolute Gasteiger partial charge is 0.352 e. The number of benzene rings is 1. The van der Waals surface area contributed by atoms with E-state index in [1.165, 1.54) is 19.2 Å². The second kappa shape index (κ2) is 8.81. The van der Waals surface area contributed by atoms with Crippen molar-refractivity contribution in [1.29, 1.82) is 0 Å². The Balaban J connectivity index is 2.76. The molecule has 1 aromatic carbocycles. The normalized spacial score (nSPS) is 13.9. The standard InChI is InChI=1S/C19H32N2O3S/c1-15(2)12-13-17(19(3,4)5)20-18(22)14-21(6)25(23,24)16-10-8-7-9-11-16/h7-11,15,17H,12-14H2,1-6H3,(H,20,22). The molecule has 1 rings (SSSR count). The van der Waals surface area contributed by atoms with Gasteiger partial charge in [0.25, 0.3) is 0 Å². The number of carbonyl (C=O) groups excluding carboxylic acids is 1. The molecule has 0 aliphatic carbocycles. The van der Waals surface area contributed by atoms with Crippen molar-refractivity contribution in [2.75, 3.05) is 13.6 Å². The van der Waals surface area contributed by atoms with Gasteiger partial charge in [-0.15, -0.1) is 0 Å². The second-order valence-electron chi connectivity index (χ2n) is 8.03. The van der Waals surface area contributed by atoms with Gasteiger partial charge < -0.3 is 5.32 Å². The molecule has 0 aliphatic rings. The van der Waals surface area contributed by atoms with Crippen LogP contribution in [0.4, 0.5) is 0 Å². The molecule has 0 heterocycles. The molecule has 6 heteroatoms. The van der Waals surface area contributed by atoms with Crippen LogP contribution in [0.3, 0.4) is 0 Å². The maximum Gasteiger partial charge on any atom is 0.243 e. The molecular weight excluding hydrogens is 336 g/mol. The fourth-order valence-corrected chi connectivity index (χ4v) is 3.67. The lowest BCUT2D eigenvalue weighted by atomic mass is 9.83. The fraction of sp³-hybridized carbons (Fsp3) is 0.632. The third-order valence-corrected chi connectivity index (χ3v) is 6.05. The first-order chi connectivity index (χ1) is 11.4. The van der Waals surface area contributed by atoms with Crippen LogP contribution in [0.2, 0.25) is 0 Å². The summed E-state index contributed by atoms with van der Waals surface area (Å²) in [6.07, 6.45) is 1.89. The van der Waals surface area contributed by atoms with E-state index in [1.54, 1.807) is 18.2 Å². The van der Waals surface area contributed by atoms with Gasteiger partial charge in [0.1, 0.15) is 0 Å². The van der Waals surface area contributed by atoms with Gasteiger partial charge in [-0.05, 0) is 36.3 Å². The van der Waals surface area contributed by atoms with Gasteiger partial charge in [-0.25, -0.2) is 8.42 Å². The Kier molecular flexibility index (Phi) is 7.62. The maximum absolute atomic E-state index is 12.5. The molecule has 0 bridgehead atoms. The van der Waals surface area contributed by atoms with Crippen LogP contribution >= 0.6 is 0 Å². The molecule has 25 heavy (non-hydrogen) atoms. The van der Waals surface area contributed by atoms with Crippen LogP contribution in [-0.2, 0) is 14.8 Å². The fourth-order valence-electron chi connectivity index (χ4n) is 2.52. The van der Waals surface area contributed by atoms with E-state index in [9.17, 15) is 13.2 Å². The lowest BCUT2D eigenvalue weighted by molar-refractivity contribution is -0.122. The van der Waals surface area contributed by atoms with E-state index in [4.69, 9.17) is 0 Å². The van der Waals surface area contributed by atoms with Crippen LogP contribution in [0, 0.1) is 11.3 Å². The molecule has 5 nitrogen and oxygen atoms in total. The first kappa shape index (κ1) is 21.6. The first-order valence-corrected chi connectivity index (χ1v) is 10.2. The lowest BCUT2D eigenvalue weighted by Crippen LogP contribution is -2.47. The average Bonchev–Trinajstić information content (AvgIpc) is 2.50. The summed E-state index contributed by atoms with van der Waals surface area (Å²) < 4.78 is 26.1. The van der Waals surface area contributed by atoms with E-state index in [0.29, 0.717) is 5.92 Å². The second-order valence-corrected chi connectivity index (χ2v) is 10.1. The molecule has 0 spiro atoms. The van der Waals surface area contributed by atoms with Crippen LogP contribution in [0.25, 0.3) is 0 Å². The Hall–Kier alpha value is -1.40. The molecule has 1 atom stereocenters. The Morgan fingerprint density at radius 1 is 1.12 bits per heavy atom. The molecular formula is C19H32N2O3S. The van der Waals surface area contributed by atoms with Gasteiger partial charge in [0.15, 0.2) is 0 Å². The van der Waals surface area contributed by atoms with Crippen LogP contribution in [0.5, 0.6) is 0 Å². The molecule has 1 aromatic rings. The van der Waals surface area contributed by atoms with Crippen LogP contribution < -0.4 is 5.32 Å². The van der Waals surface area contributed by atoms with Gasteiger partial charge in [-0.1, -0.05) is 52.8 Å². The number of rotatable bonds is 8. The SMILES string of the molecule is CC(C)CCC(NC(=O)CN(C)S(=O)(=O)c1ccccc1)C(C)(C)C. The highest BCUT2D eigenvalue weighted by Crippen LogP contribution is 2.24. The van der Waals surface area contributed by atoms with Crippen molar-refractivity contribution < 1.29 is 13.2 Å². The number of sulfonamides is 1. The van der Waals surface area contributed by atoms with Gasteiger partial charge in [0.05, 0.1) is 11.4 Å². The Labute approximate surface area is 152 Å². The summed E-state index contributed by atoms with van der Waals surface area (Å²) in [6.45, 7) is 10.4. The summed E-state index contributed by atoms with van der Waals surface area (Å²) in [5.41, 5.74) is -0.0819. The van der Waals surface area contributed by atoms with Crippen LogP contribution in [-0.4, -0.2) is 38.3 Å². The number of amides is 1. The monoisotopic (exact) mass is 368 g/mol. The van der Waals surface area contributed by atoms with E-state index in [1.807, 2.05) is 0 Å². The molecule has 1 unspecified atom stereocenters. The van der Waals surface area contributed by atoms with E-state index < -0.39 is 10.0 Å². The number of likely N-dealkylation sites (N-methyl/N-ethyl adjacent to an activating group) is 1. The zero-order chi connectivity index (χ0) is 19.3. The van der Waals surface area contributed by atoms with Crippen molar-refractivity contribution in [2.45, 2.75) is 58.4 Å². The van der Waals surface area contributed by atoms with Crippen LogP contribution in [0.1, 0.15) is 47.5 Å². The van der Waals surface area contributed by atoms with E-state index in [2.05, 4.69) is 39.9 Å². The zero-order valence-electron chi connectivity index (χ0n) is 16.2. The number of nitrogens with zero attached hydrogens (tertiary/aromatic N) is 1. The predicted molar refractivity (Wildman–Crippen MR) is 102 cm³/mol. The molecule has 1 amide bonds. The number of hydrogen-bond acceptors (Lipinski definition) is 3. The van der Waals surface area contributed by atoms with Gasteiger partial charge in [0.2, 0.25) is 15.9 Å². The molecule has 1 N–H and O–H groups in total. The maximum atomic E-state index is 12.5. The molecule has 0 aromatic heterocycles. The van der Waals surface area contributed by atoms with Gasteiger partial charge in [0, 0.05) is 13.1 Å². The molecule has 142 valence electrons. The Morgan fingerprint density at radius 3 is 2.16 bits per heavy atom. The van der Waals surface area contributed by atoms with E-state index in [0.717, 1.165) is 17.1 Å². The van der Waals surface area contributed by atoms with Gasteiger partial charge in [-0.2, -0.15) is 4.31 Å². The minimum absolute atomic E-state index is 0.00947. The highest BCUT2D eigenvalue weighted by Gasteiger charge is 2.28. The minimum atomic E-state index is -3.66. The first-order valence-electron chi connectivity index (χ1n) is 8.75. The summed E-state index contributed by atoms with van der Waals surface area (Å²) >= 11 is 0. The topological polar surface area (TPSA) is 66.5 Å². The Bertz CT molecular complexity index is 649. The van der Waals surface area contributed by atoms with Crippen LogP contribution in [0.15, 0.2) is 35.2 Å². The number of nitrogens with one attached hydrogen (secondary N) is 1. The third kappa shape index (κ3) is 6.78. The summed E-state index contributed by atoms with van der Waals surface area (Å²) in [5.74, 6) is 0.286. The van der Waals surface area contributed by atoms with Crippen molar-refractivity contribution in [1.82, 2.24) is 9.62 Å². The average molecular weight is 369 g/mol. The van der Waals surface area contributed by atoms with Crippen molar-refractivity contribution in [2.24, 2.45) is 11.3 Å². The van der Waals surface area contributed by atoms with E-state index in [-0.39, 0.29) is 28.8 Å². The smallest absolute Gasteiger partial charge is 0.243 e. The highest BCUT2D eigenvalue weighted by molar-refractivity contribution is 7.89. The lowest BCUT2D eigenvalue weighted by Gasteiger charge is -2.32. The number of hydrogen-bond donors (Lipinski definition) is 1. The minimum Gasteiger partial charge on any atom is -0.352 e. The molecule has 0 saturated heterocycles. The predicted octanol–water partition coefficient (Wildman–Crippen LogP) is 3.27.